The Balaban J connectivity index is 1.46. The number of rotatable bonds is 6. The van der Waals surface area contributed by atoms with E-state index in [0.717, 1.165) is 10.5 Å². The van der Waals surface area contributed by atoms with Gasteiger partial charge in [-0.25, -0.2) is 0 Å². The monoisotopic (exact) mass is 529 g/mol. The molecular formula is C30H27NO6S. The molecule has 2 heterocycles. The van der Waals surface area contributed by atoms with Gasteiger partial charge in [-0.1, -0.05) is 35.9 Å². The highest BCUT2D eigenvalue weighted by Crippen LogP contribution is 2.56. The lowest BCUT2D eigenvalue weighted by Gasteiger charge is -2.42. The SMILES string of the molecule is CC1=CC(=O)C2=C(C1=O)[C@@H](c1ccccc1OCCO)C1=CC[C@@H]3C(=O)N(Cc4cccs4)C(=O)[C@@H]3[C@@H]1C2. The number of carbonyl (C=O) groups excluding carboxylic acids is 4. The van der Waals surface area contributed by atoms with Gasteiger partial charge >= 0.3 is 0 Å². The molecule has 0 spiro atoms. The maximum atomic E-state index is 13.8. The topological polar surface area (TPSA) is 101 Å². The van der Waals surface area contributed by atoms with Crippen LogP contribution in [0.4, 0.5) is 0 Å². The molecule has 1 N–H and O–H groups in total. The fourth-order valence-corrected chi connectivity index (χ4v) is 7.19. The van der Waals surface area contributed by atoms with Crippen LogP contribution in [0.15, 0.2) is 76.2 Å². The highest BCUT2D eigenvalue weighted by atomic mass is 32.1. The number of ether oxygens (including phenoxy) is 1. The number of Topliss-reactive ketones (excluding diaryl/α,β-unsaturated/α-hetero) is 1. The van der Waals surface area contributed by atoms with E-state index >= 15 is 0 Å². The Morgan fingerprint density at radius 2 is 1.87 bits per heavy atom. The molecule has 1 fully saturated rings. The van der Waals surface area contributed by atoms with Gasteiger partial charge in [0.15, 0.2) is 11.6 Å². The Morgan fingerprint density at radius 1 is 1.05 bits per heavy atom. The fraction of sp³-hybridized carbons (Fsp3) is 0.333. The van der Waals surface area contributed by atoms with Crippen LogP contribution in [0.1, 0.15) is 36.1 Å². The van der Waals surface area contributed by atoms with E-state index in [4.69, 9.17) is 4.74 Å². The molecule has 1 aliphatic heterocycles. The molecular weight excluding hydrogens is 502 g/mol. The van der Waals surface area contributed by atoms with E-state index in [2.05, 4.69) is 0 Å². The summed E-state index contributed by atoms with van der Waals surface area (Å²) in [7, 11) is 0. The van der Waals surface area contributed by atoms with Crippen LogP contribution in [-0.2, 0) is 25.7 Å². The van der Waals surface area contributed by atoms with Crippen molar-refractivity contribution in [3.63, 3.8) is 0 Å². The van der Waals surface area contributed by atoms with E-state index in [1.807, 2.05) is 41.8 Å². The number of amides is 2. The fourth-order valence-electron chi connectivity index (χ4n) is 6.50. The maximum Gasteiger partial charge on any atom is 0.234 e. The van der Waals surface area contributed by atoms with Gasteiger partial charge in [0.2, 0.25) is 11.8 Å². The van der Waals surface area contributed by atoms with Gasteiger partial charge < -0.3 is 9.84 Å². The maximum absolute atomic E-state index is 13.8. The molecule has 0 unspecified atom stereocenters. The first-order valence-corrected chi connectivity index (χ1v) is 13.7. The molecule has 3 aliphatic carbocycles. The van der Waals surface area contributed by atoms with Crippen LogP contribution < -0.4 is 4.74 Å². The largest absolute Gasteiger partial charge is 0.491 e. The molecule has 0 bridgehead atoms. The number of imide groups is 1. The number of para-hydroxylation sites is 1. The summed E-state index contributed by atoms with van der Waals surface area (Å²) in [6.45, 7) is 1.81. The number of aliphatic hydroxyl groups excluding tert-OH is 1. The predicted octanol–water partition coefficient (Wildman–Crippen LogP) is 3.75. The van der Waals surface area contributed by atoms with E-state index in [1.54, 1.807) is 13.0 Å². The molecule has 8 heteroatoms. The zero-order valence-electron chi connectivity index (χ0n) is 20.9. The van der Waals surface area contributed by atoms with Gasteiger partial charge in [-0.3, -0.25) is 24.1 Å². The van der Waals surface area contributed by atoms with Crippen LogP contribution >= 0.6 is 11.3 Å². The molecule has 1 aromatic heterocycles. The number of carbonyl (C=O) groups is 4. The third kappa shape index (κ3) is 3.82. The first kappa shape index (κ1) is 24.7. The molecule has 4 atom stereocenters. The van der Waals surface area contributed by atoms with E-state index in [9.17, 15) is 24.3 Å². The summed E-state index contributed by atoms with van der Waals surface area (Å²) in [5.74, 6) is -2.29. The summed E-state index contributed by atoms with van der Waals surface area (Å²) in [6, 6.07) is 11.1. The van der Waals surface area contributed by atoms with Gasteiger partial charge in [-0.2, -0.15) is 0 Å². The van der Waals surface area contributed by atoms with Crippen LogP contribution in [0.5, 0.6) is 5.75 Å². The number of likely N-dealkylation sites (tertiary alicyclic amines) is 1. The smallest absolute Gasteiger partial charge is 0.234 e. The Kier molecular flexibility index (Phi) is 6.24. The molecule has 194 valence electrons. The second-order valence-corrected chi connectivity index (χ2v) is 11.2. The van der Waals surface area contributed by atoms with Crippen LogP contribution in [0.3, 0.4) is 0 Å². The molecule has 0 radical (unpaired) electrons. The number of fused-ring (bicyclic) bond motifs is 3. The molecule has 4 aliphatic rings. The van der Waals surface area contributed by atoms with Crippen molar-refractivity contribution in [3.05, 3.63) is 86.7 Å². The molecule has 2 amide bonds. The molecule has 7 nitrogen and oxygen atoms in total. The lowest BCUT2D eigenvalue weighted by atomic mass is 9.59. The van der Waals surface area contributed by atoms with Crippen molar-refractivity contribution in [1.29, 1.82) is 0 Å². The molecule has 38 heavy (non-hydrogen) atoms. The second-order valence-electron chi connectivity index (χ2n) is 10.2. The normalized spacial score (nSPS) is 26.6. The van der Waals surface area contributed by atoms with Crippen molar-refractivity contribution >= 4 is 34.7 Å². The highest BCUT2D eigenvalue weighted by Gasteiger charge is 2.56. The van der Waals surface area contributed by atoms with Crippen LogP contribution in [0.25, 0.3) is 0 Å². The van der Waals surface area contributed by atoms with Crippen molar-refractivity contribution in [3.8, 4) is 5.75 Å². The van der Waals surface area contributed by atoms with E-state index in [1.165, 1.54) is 22.3 Å². The molecule has 1 aromatic carbocycles. The van der Waals surface area contributed by atoms with Gasteiger partial charge in [-0.05, 0) is 49.3 Å². The van der Waals surface area contributed by atoms with Gasteiger partial charge in [0, 0.05) is 33.1 Å². The predicted molar refractivity (Wildman–Crippen MR) is 140 cm³/mol. The van der Waals surface area contributed by atoms with Gasteiger partial charge in [0.05, 0.1) is 25.0 Å². The molecule has 6 rings (SSSR count). The average Bonchev–Trinajstić information content (AvgIpc) is 3.52. The number of thiophene rings is 1. The lowest BCUT2D eigenvalue weighted by Crippen LogP contribution is -2.39. The van der Waals surface area contributed by atoms with E-state index < -0.39 is 17.8 Å². The summed E-state index contributed by atoms with van der Waals surface area (Å²) < 4.78 is 5.85. The minimum absolute atomic E-state index is 0.0826. The summed E-state index contributed by atoms with van der Waals surface area (Å²) in [5.41, 5.74) is 2.84. The zero-order chi connectivity index (χ0) is 26.6. The van der Waals surface area contributed by atoms with Crippen molar-refractivity contribution in [2.75, 3.05) is 13.2 Å². The summed E-state index contributed by atoms with van der Waals surface area (Å²) in [6.07, 6.45) is 4.04. The number of ketones is 2. The van der Waals surface area contributed by atoms with Crippen LogP contribution in [-0.4, -0.2) is 46.6 Å². The summed E-state index contributed by atoms with van der Waals surface area (Å²) in [4.78, 5) is 56.3. The van der Waals surface area contributed by atoms with E-state index in [0.29, 0.717) is 34.5 Å². The number of hydrogen-bond donors (Lipinski definition) is 1. The first-order chi connectivity index (χ1) is 18.4. The zero-order valence-corrected chi connectivity index (χ0v) is 21.7. The van der Waals surface area contributed by atoms with Crippen LogP contribution in [0, 0.1) is 17.8 Å². The van der Waals surface area contributed by atoms with Gasteiger partial charge in [-0.15, -0.1) is 11.3 Å². The number of aliphatic hydroxyl groups is 1. The quantitative estimate of drug-likeness (QED) is 0.348. The van der Waals surface area contributed by atoms with Crippen molar-refractivity contribution in [1.82, 2.24) is 4.90 Å². The number of nitrogens with zero attached hydrogens (tertiary/aromatic N) is 1. The second kappa shape index (κ2) is 9.60. The van der Waals surface area contributed by atoms with Crippen molar-refractivity contribution in [2.24, 2.45) is 17.8 Å². The first-order valence-electron chi connectivity index (χ1n) is 12.8. The Morgan fingerprint density at radius 3 is 2.63 bits per heavy atom. The van der Waals surface area contributed by atoms with Gasteiger partial charge in [0.25, 0.3) is 0 Å². The summed E-state index contributed by atoms with van der Waals surface area (Å²) in [5, 5.41) is 11.3. The third-order valence-corrected chi connectivity index (χ3v) is 8.99. The Labute approximate surface area is 224 Å². The van der Waals surface area contributed by atoms with Crippen LogP contribution in [0.2, 0.25) is 0 Å². The highest BCUT2D eigenvalue weighted by molar-refractivity contribution is 7.09. The Bertz CT molecular complexity index is 1450. The summed E-state index contributed by atoms with van der Waals surface area (Å²) >= 11 is 1.50. The number of allylic oxidation sites excluding steroid dienone is 6. The minimum atomic E-state index is -0.584. The molecule has 2 aromatic rings. The van der Waals surface area contributed by atoms with Crippen molar-refractivity contribution in [2.45, 2.75) is 32.2 Å². The molecule has 0 saturated carbocycles. The standard InChI is InChI=1S/C30H27NO6S/c1-16-13-23(33)22-14-21-18(25(27(22)28(16)34)19-6-2-3-7-24(19)37-11-10-32)8-9-20-26(21)30(36)31(29(20)35)15-17-5-4-12-38-17/h2-8,12-13,20-21,25-26,32H,9-11,14-15H2,1H3/t20-,21+,25+,26-/m0/s1. The minimum Gasteiger partial charge on any atom is -0.491 e. The number of hydrogen-bond acceptors (Lipinski definition) is 7. The number of benzene rings is 1. The van der Waals surface area contributed by atoms with Crippen molar-refractivity contribution < 1.29 is 29.0 Å². The van der Waals surface area contributed by atoms with E-state index in [-0.39, 0.29) is 55.5 Å². The third-order valence-electron chi connectivity index (χ3n) is 8.13. The molecule has 1 saturated heterocycles. The average molecular weight is 530 g/mol. The van der Waals surface area contributed by atoms with Gasteiger partial charge in [0.1, 0.15) is 12.4 Å². The Hall–Kier alpha value is -3.62. The lowest BCUT2D eigenvalue weighted by molar-refractivity contribution is -0.140.